The van der Waals surface area contributed by atoms with Crippen molar-refractivity contribution >= 4 is 30.7 Å². The topological polar surface area (TPSA) is 117 Å². The highest BCUT2D eigenvalue weighted by molar-refractivity contribution is 6.32. The fourth-order valence-electron chi connectivity index (χ4n) is 2.69. The van der Waals surface area contributed by atoms with Gasteiger partial charge in [0.2, 0.25) is 0 Å². The zero-order valence-electron chi connectivity index (χ0n) is 15.5. The summed E-state index contributed by atoms with van der Waals surface area (Å²) >= 11 is 0. The minimum atomic E-state index is -1.14. The van der Waals surface area contributed by atoms with Gasteiger partial charge in [-0.3, -0.25) is 4.79 Å². The van der Waals surface area contributed by atoms with E-state index in [1.807, 2.05) is 7.85 Å². The van der Waals surface area contributed by atoms with Gasteiger partial charge in [-0.05, 0) is 18.2 Å². The van der Waals surface area contributed by atoms with Crippen LogP contribution < -0.4 is 21.1 Å². The number of hydrogen-bond acceptors (Lipinski definition) is 6. The summed E-state index contributed by atoms with van der Waals surface area (Å²) in [7, 11) is 1.82. The second kappa shape index (κ2) is 9.39. The maximum Gasteiger partial charge on any atom is 0.341 e. The van der Waals surface area contributed by atoms with Gasteiger partial charge in [0.25, 0.3) is 0 Å². The van der Waals surface area contributed by atoms with Crippen LogP contribution in [0.3, 0.4) is 0 Å². The number of carbonyl (C=O) groups excluding carboxylic acids is 1. The Morgan fingerprint density at radius 3 is 2.71 bits per heavy atom. The molecule has 0 spiro atoms. The molecule has 0 heterocycles. The quantitative estimate of drug-likeness (QED) is 0.217. The van der Waals surface area contributed by atoms with Gasteiger partial charge in [-0.2, -0.15) is 5.26 Å². The van der Waals surface area contributed by atoms with E-state index < -0.39 is 18.5 Å². The Kier molecular flexibility index (Phi) is 6.96. The number of rotatable bonds is 9. The molecule has 0 saturated heterocycles. The average molecular weight is 377 g/mol. The van der Waals surface area contributed by atoms with Crippen molar-refractivity contribution in [3.8, 4) is 11.8 Å². The third-order valence-electron chi connectivity index (χ3n) is 4.10. The molecule has 7 nitrogen and oxygen atoms in total. The standard InChI is InChI=1S/C20H20BN3O4/c1-2-13(11-24(23)17-6-4-3-5-14(17)10-22)20(27)16-9-15(21)7-8-18(16)28-12-19(25)26/h2-9,13H,1,11-12,21,23H2,(H,25,26). The van der Waals surface area contributed by atoms with Crippen molar-refractivity contribution in [1.29, 1.82) is 5.26 Å². The number of nitriles is 1. The Hall–Kier alpha value is -3.57. The smallest absolute Gasteiger partial charge is 0.341 e. The largest absolute Gasteiger partial charge is 0.481 e. The van der Waals surface area contributed by atoms with Gasteiger partial charge in [-0.1, -0.05) is 35.8 Å². The highest BCUT2D eigenvalue weighted by Gasteiger charge is 2.24. The predicted molar refractivity (Wildman–Crippen MR) is 108 cm³/mol. The van der Waals surface area contributed by atoms with Crippen LogP contribution >= 0.6 is 0 Å². The Balaban J connectivity index is 2.28. The molecule has 2 aromatic carbocycles. The molecule has 2 aromatic rings. The number of ether oxygens (including phenoxy) is 1. The lowest BCUT2D eigenvalue weighted by Gasteiger charge is -2.24. The molecular weight excluding hydrogens is 357 g/mol. The molecule has 142 valence electrons. The lowest BCUT2D eigenvalue weighted by Crippen LogP contribution is -2.38. The van der Waals surface area contributed by atoms with E-state index in [-0.39, 0.29) is 23.6 Å². The summed E-state index contributed by atoms with van der Waals surface area (Å²) in [5.74, 6) is 4.16. The number of ketones is 1. The van der Waals surface area contributed by atoms with E-state index in [1.165, 1.54) is 11.1 Å². The fraction of sp³-hybridized carbons (Fsp3) is 0.150. The van der Waals surface area contributed by atoms with Gasteiger partial charge < -0.3 is 14.9 Å². The SMILES string of the molecule is Bc1ccc(OCC(=O)O)c(C(=O)C(C=C)CN(N)c2ccccc2C#N)c1. The Labute approximate surface area is 164 Å². The van der Waals surface area contributed by atoms with Gasteiger partial charge >= 0.3 is 5.97 Å². The molecule has 28 heavy (non-hydrogen) atoms. The van der Waals surface area contributed by atoms with E-state index in [1.54, 1.807) is 42.5 Å². The average Bonchev–Trinajstić information content (AvgIpc) is 2.70. The van der Waals surface area contributed by atoms with E-state index in [0.717, 1.165) is 5.46 Å². The van der Waals surface area contributed by atoms with Crippen LogP contribution in [0.5, 0.6) is 5.75 Å². The first-order valence-corrected chi connectivity index (χ1v) is 8.50. The zero-order valence-corrected chi connectivity index (χ0v) is 15.5. The van der Waals surface area contributed by atoms with Crippen LogP contribution in [0.25, 0.3) is 0 Å². The highest BCUT2D eigenvalue weighted by Crippen LogP contribution is 2.24. The number of hydrazine groups is 1. The van der Waals surface area contributed by atoms with Crippen molar-refractivity contribution in [1.82, 2.24) is 0 Å². The fourth-order valence-corrected chi connectivity index (χ4v) is 2.69. The minimum absolute atomic E-state index is 0.0906. The molecule has 0 aliphatic rings. The molecule has 0 saturated carbocycles. The van der Waals surface area contributed by atoms with Crippen LogP contribution in [-0.4, -0.2) is 37.9 Å². The summed E-state index contributed by atoms with van der Waals surface area (Å²) in [4.78, 5) is 23.9. The monoisotopic (exact) mass is 377 g/mol. The van der Waals surface area contributed by atoms with Crippen molar-refractivity contribution < 1.29 is 19.4 Å². The van der Waals surface area contributed by atoms with Gasteiger partial charge in [0, 0.05) is 6.54 Å². The van der Waals surface area contributed by atoms with E-state index in [4.69, 9.17) is 15.7 Å². The number of carbonyl (C=O) groups is 2. The lowest BCUT2D eigenvalue weighted by molar-refractivity contribution is -0.139. The number of nitrogens with two attached hydrogens (primary N) is 1. The van der Waals surface area contributed by atoms with Crippen molar-refractivity contribution in [3.05, 3.63) is 66.2 Å². The number of para-hydroxylation sites is 1. The normalized spacial score (nSPS) is 11.1. The van der Waals surface area contributed by atoms with E-state index in [2.05, 4.69) is 12.6 Å². The Morgan fingerprint density at radius 2 is 2.07 bits per heavy atom. The van der Waals surface area contributed by atoms with E-state index in [9.17, 15) is 14.9 Å². The predicted octanol–water partition coefficient (Wildman–Crippen LogP) is 0.645. The summed E-state index contributed by atoms with van der Waals surface area (Å²) in [5.41, 5.74) is 1.97. The zero-order chi connectivity index (χ0) is 20.7. The molecule has 0 aliphatic heterocycles. The number of nitrogens with zero attached hydrogens (tertiary/aromatic N) is 2. The molecular formula is C20H20BN3O4. The molecule has 2 rings (SSSR count). The molecule has 0 fully saturated rings. The van der Waals surface area contributed by atoms with Gasteiger partial charge in [-0.25, -0.2) is 10.6 Å². The van der Waals surface area contributed by atoms with Crippen LogP contribution in [0, 0.1) is 17.2 Å². The van der Waals surface area contributed by atoms with Crippen LogP contribution in [-0.2, 0) is 4.79 Å². The van der Waals surface area contributed by atoms with Gasteiger partial charge in [-0.15, -0.1) is 6.58 Å². The Morgan fingerprint density at radius 1 is 1.36 bits per heavy atom. The maximum atomic E-state index is 13.1. The molecule has 3 N–H and O–H groups in total. The number of aliphatic carboxylic acids is 1. The molecule has 0 aromatic heterocycles. The minimum Gasteiger partial charge on any atom is -0.481 e. The van der Waals surface area contributed by atoms with E-state index >= 15 is 0 Å². The van der Waals surface area contributed by atoms with Gasteiger partial charge in [0.15, 0.2) is 12.4 Å². The van der Waals surface area contributed by atoms with Gasteiger partial charge in [0.1, 0.15) is 19.7 Å². The number of carboxylic acid groups (broad SMARTS) is 1. The maximum absolute atomic E-state index is 13.1. The number of Topliss-reactive ketones (excluding diaryl/α,β-unsaturated/α-hetero) is 1. The van der Waals surface area contributed by atoms with E-state index in [0.29, 0.717) is 11.3 Å². The van der Waals surface area contributed by atoms with Crippen molar-refractivity contribution in [2.24, 2.45) is 11.8 Å². The molecule has 0 amide bonds. The van der Waals surface area contributed by atoms with Crippen LogP contribution in [0.2, 0.25) is 0 Å². The van der Waals surface area contributed by atoms with Crippen molar-refractivity contribution in [2.75, 3.05) is 18.2 Å². The molecule has 0 radical (unpaired) electrons. The van der Waals surface area contributed by atoms with Crippen LogP contribution in [0.4, 0.5) is 5.69 Å². The number of benzene rings is 2. The summed E-state index contributed by atoms with van der Waals surface area (Å²) in [6.45, 7) is 3.26. The number of hydrogen-bond donors (Lipinski definition) is 2. The highest BCUT2D eigenvalue weighted by atomic mass is 16.5. The summed E-state index contributed by atoms with van der Waals surface area (Å²) in [6, 6.07) is 13.8. The first kappa shape index (κ1) is 20.7. The third-order valence-corrected chi connectivity index (χ3v) is 4.10. The first-order chi connectivity index (χ1) is 13.4. The summed E-state index contributed by atoms with van der Waals surface area (Å²) in [5, 5.41) is 19.4. The second-order valence-electron chi connectivity index (χ2n) is 6.17. The molecule has 1 atom stereocenters. The van der Waals surface area contributed by atoms with Crippen LogP contribution in [0.1, 0.15) is 15.9 Å². The van der Waals surface area contributed by atoms with Gasteiger partial charge in [0.05, 0.1) is 22.7 Å². The summed E-state index contributed by atoms with van der Waals surface area (Å²) < 4.78 is 5.25. The number of carboxylic acids is 1. The number of anilines is 1. The Bertz CT molecular complexity index is 939. The third kappa shape index (κ3) is 4.99. The first-order valence-electron chi connectivity index (χ1n) is 8.50. The molecule has 1 unspecified atom stereocenters. The molecule has 0 bridgehead atoms. The molecule has 0 aliphatic carbocycles. The van der Waals surface area contributed by atoms with Crippen molar-refractivity contribution in [3.63, 3.8) is 0 Å². The van der Waals surface area contributed by atoms with Crippen molar-refractivity contribution in [2.45, 2.75) is 0 Å². The summed E-state index contributed by atoms with van der Waals surface area (Å²) in [6.07, 6.45) is 1.47. The lowest BCUT2D eigenvalue weighted by atomic mass is 9.89. The second-order valence-corrected chi connectivity index (χ2v) is 6.17. The van der Waals surface area contributed by atoms with Crippen LogP contribution in [0.15, 0.2) is 55.1 Å². The molecule has 8 heteroatoms.